The Hall–Kier alpha value is -2.41. The molecule has 1 fully saturated rings. The number of nitrogens with zero attached hydrogens (tertiary/aromatic N) is 5. The lowest BCUT2D eigenvalue weighted by Crippen LogP contribution is -2.46. The molecular formula is C19H28N6O. The van der Waals surface area contributed by atoms with Gasteiger partial charge in [-0.05, 0) is 24.6 Å². The Morgan fingerprint density at radius 3 is 2.65 bits per heavy atom. The highest BCUT2D eigenvalue weighted by Gasteiger charge is 2.17. The van der Waals surface area contributed by atoms with Crippen LogP contribution in [0.1, 0.15) is 25.3 Å². The summed E-state index contributed by atoms with van der Waals surface area (Å²) in [7, 11) is 1.58. The minimum atomic E-state index is 0.501. The highest BCUT2D eigenvalue weighted by Crippen LogP contribution is 2.15. The first kappa shape index (κ1) is 18.4. The summed E-state index contributed by atoms with van der Waals surface area (Å²) in [6, 6.07) is 4.22. The lowest BCUT2D eigenvalue weighted by Gasteiger charge is -2.35. The van der Waals surface area contributed by atoms with E-state index in [1.165, 1.54) is 19.4 Å². The number of piperazine rings is 1. The Balaban J connectivity index is 1.49. The van der Waals surface area contributed by atoms with Crippen molar-refractivity contribution >= 4 is 11.6 Å². The molecule has 0 bridgehead atoms. The fraction of sp³-hybridized carbons (Fsp3) is 0.526. The van der Waals surface area contributed by atoms with Crippen LogP contribution in [0.5, 0.6) is 5.88 Å². The van der Waals surface area contributed by atoms with Crippen molar-refractivity contribution in [1.82, 2.24) is 19.9 Å². The molecule has 0 aliphatic carbocycles. The summed E-state index contributed by atoms with van der Waals surface area (Å²) in [5, 5.41) is 3.25. The van der Waals surface area contributed by atoms with Crippen LogP contribution in [0.2, 0.25) is 0 Å². The number of pyridine rings is 1. The fourth-order valence-electron chi connectivity index (χ4n) is 3.01. The molecule has 0 aromatic carbocycles. The first-order chi connectivity index (χ1) is 12.8. The van der Waals surface area contributed by atoms with Crippen molar-refractivity contribution in [2.24, 2.45) is 0 Å². The molecule has 3 heterocycles. The number of unbranched alkanes of at least 4 members (excludes halogenated alkanes) is 1. The van der Waals surface area contributed by atoms with Crippen molar-refractivity contribution in [1.29, 1.82) is 0 Å². The van der Waals surface area contributed by atoms with Crippen LogP contribution in [0.4, 0.5) is 11.6 Å². The van der Waals surface area contributed by atoms with Crippen LogP contribution in [0.15, 0.2) is 30.7 Å². The van der Waals surface area contributed by atoms with E-state index in [1.54, 1.807) is 19.5 Å². The lowest BCUT2D eigenvalue weighted by atomic mass is 10.2. The normalized spacial score (nSPS) is 15.1. The van der Waals surface area contributed by atoms with E-state index in [9.17, 15) is 0 Å². The van der Waals surface area contributed by atoms with Gasteiger partial charge in [-0.15, -0.1) is 0 Å². The van der Waals surface area contributed by atoms with Crippen LogP contribution in [0.25, 0.3) is 0 Å². The predicted molar refractivity (Wildman–Crippen MR) is 104 cm³/mol. The van der Waals surface area contributed by atoms with Crippen LogP contribution < -0.4 is 15.0 Å². The Morgan fingerprint density at radius 2 is 1.96 bits per heavy atom. The van der Waals surface area contributed by atoms with E-state index in [4.69, 9.17) is 4.74 Å². The van der Waals surface area contributed by atoms with Crippen molar-refractivity contribution in [3.63, 3.8) is 0 Å². The van der Waals surface area contributed by atoms with Gasteiger partial charge in [0, 0.05) is 38.9 Å². The maximum atomic E-state index is 5.08. The van der Waals surface area contributed by atoms with E-state index in [0.29, 0.717) is 18.2 Å². The fourth-order valence-corrected chi connectivity index (χ4v) is 3.01. The Bertz CT molecular complexity index is 670. The molecular weight excluding hydrogens is 328 g/mol. The van der Waals surface area contributed by atoms with Gasteiger partial charge in [0.1, 0.15) is 11.6 Å². The molecule has 26 heavy (non-hydrogen) atoms. The van der Waals surface area contributed by atoms with Gasteiger partial charge >= 0.3 is 0 Å². The maximum Gasteiger partial charge on any atom is 0.233 e. The number of nitrogens with one attached hydrogen (secondary N) is 1. The summed E-state index contributed by atoms with van der Waals surface area (Å²) >= 11 is 0. The third-order valence-electron chi connectivity index (χ3n) is 4.63. The number of rotatable bonds is 8. The molecule has 2 aromatic heterocycles. The van der Waals surface area contributed by atoms with Crippen LogP contribution in [0, 0.1) is 0 Å². The smallest absolute Gasteiger partial charge is 0.233 e. The van der Waals surface area contributed by atoms with Gasteiger partial charge < -0.3 is 15.0 Å². The third kappa shape index (κ3) is 5.05. The third-order valence-corrected chi connectivity index (χ3v) is 4.63. The molecule has 0 amide bonds. The van der Waals surface area contributed by atoms with E-state index in [1.807, 2.05) is 6.20 Å². The molecule has 0 saturated carbocycles. The number of hydrogen-bond donors (Lipinski definition) is 1. The van der Waals surface area contributed by atoms with Gasteiger partial charge in [0.25, 0.3) is 0 Å². The largest absolute Gasteiger partial charge is 0.480 e. The zero-order valence-corrected chi connectivity index (χ0v) is 15.7. The molecule has 1 N–H and O–H groups in total. The van der Waals surface area contributed by atoms with E-state index < -0.39 is 0 Å². The number of methoxy groups -OCH3 is 1. The molecule has 140 valence electrons. The summed E-state index contributed by atoms with van der Waals surface area (Å²) in [4.78, 5) is 17.9. The van der Waals surface area contributed by atoms with Crippen molar-refractivity contribution in [2.75, 3.05) is 50.1 Å². The molecule has 7 nitrogen and oxygen atoms in total. The Kier molecular flexibility index (Phi) is 6.60. The minimum absolute atomic E-state index is 0.501. The number of aromatic nitrogens is 3. The summed E-state index contributed by atoms with van der Waals surface area (Å²) in [6.07, 6.45) is 7.75. The predicted octanol–water partition coefficient (Wildman–Crippen LogP) is 2.41. The van der Waals surface area contributed by atoms with Gasteiger partial charge in [-0.25, -0.2) is 4.98 Å². The van der Waals surface area contributed by atoms with Crippen LogP contribution in [-0.4, -0.2) is 59.7 Å². The molecule has 3 rings (SSSR count). The second kappa shape index (κ2) is 9.33. The quantitative estimate of drug-likeness (QED) is 0.779. The average molecular weight is 356 g/mol. The van der Waals surface area contributed by atoms with Crippen molar-refractivity contribution in [2.45, 2.75) is 26.3 Å². The highest BCUT2D eigenvalue weighted by atomic mass is 16.5. The van der Waals surface area contributed by atoms with Gasteiger partial charge in [-0.3, -0.25) is 9.88 Å². The zero-order chi connectivity index (χ0) is 18.2. The van der Waals surface area contributed by atoms with Gasteiger partial charge in [0.05, 0.1) is 19.5 Å². The van der Waals surface area contributed by atoms with Crippen molar-refractivity contribution < 1.29 is 4.74 Å². The van der Waals surface area contributed by atoms with Crippen molar-refractivity contribution in [3.05, 3.63) is 36.3 Å². The molecule has 2 aromatic rings. The molecule has 1 saturated heterocycles. The molecule has 1 aliphatic heterocycles. The van der Waals surface area contributed by atoms with Gasteiger partial charge in [-0.1, -0.05) is 19.4 Å². The molecule has 0 unspecified atom stereocenters. The number of anilines is 2. The Labute approximate surface area is 155 Å². The molecule has 0 spiro atoms. The molecule has 7 heteroatoms. The standard InChI is InChI=1S/C19H28N6O/c1-3-4-7-24-8-10-25(11-9-24)18-6-5-16(13-22-18)12-21-17-14-20-15-19(23-17)26-2/h5-6,13-15H,3-4,7-12H2,1-2H3,(H,21,23). The summed E-state index contributed by atoms with van der Waals surface area (Å²) in [5.41, 5.74) is 1.11. The minimum Gasteiger partial charge on any atom is -0.480 e. The van der Waals surface area contributed by atoms with Gasteiger partial charge in [0.15, 0.2) is 0 Å². The average Bonchev–Trinajstić information content (AvgIpc) is 2.72. The second-order valence-corrected chi connectivity index (χ2v) is 6.51. The van der Waals surface area contributed by atoms with Gasteiger partial charge in [0.2, 0.25) is 5.88 Å². The zero-order valence-electron chi connectivity index (χ0n) is 15.7. The SMILES string of the molecule is CCCCN1CCN(c2ccc(CNc3cncc(OC)n3)cn2)CC1. The molecule has 0 atom stereocenters. The van der Waals surface area contributed by atoms with E-state index in [-0.39, 0.29) is 0 Å². The maximum absolute atomic E-state index is 5.08. The molecule has 0 radical (unpaired) electrons. The summed E-state index contributed by atoms with van der Waals surface area (Å²) < 4.78 is 5.08. The second-order valence-electron chi connectivity index (χ2n) is 6.51. The number of ether oxygens (including phenoxy) is 1. The lowest BCUT2D eigenvalue weighted by molar-refractivity contribution is 0.253. The van der Waals surface area contributed by atoms with Crippen LogP contribution in [0.3, 0.4) is 0 Å². The summed E-state index contributed by atoms with van der Waals surface area (Å²) in [5.74, 6) is 2.25. The van der Waals surface area contributed by atoms with Crippen LogP contribution in [-0.2, 0) is 6.54 Å². The van der Waals surface area contributed by atoms with E-state index in [0.717, 1.165) is 37.6 Å². The molecule has 1 aliphatic rings. The van der Waals surface area contributed by atoms with E-state index >= 15 is 0 Å². The van der Waals surface area contributed by atoms with Crippen LogP contribution >= 0.6 is 0 Å². The van der Waals surface area contributed by atoms with E-state index in [2.05, 4.69) is 49.1 Å². The summed E-state index contributed by atoms with van der Waals surface area (Å²) in [6.45, 7) is 8.47. The van der Waals surface area contributed by atoms with Crippen molar-refractivity contribution in [3.8, 4) is 5.88 Å². The Morgan fingerprint density at radius 1 is 1.12 bits per heavy atom. The van der Waals surface area contributed by atoms with Gasteiger partial charge in [-0.2, -0.15) is 4.98 Å². The topological polar surface area (TPSA) is 66.4 Å². The number of hydrogen-bond acceptors (Lipinski definition) is 7. The first-order valence-electron chi connectivity index (χ1n) is 9.30. The monoisotopic (exact) mass is 356 g/mol. The first-order valence-corrected chi connectivity index (χ1v) is 9.30. The highest BCUT2D eigenvalue weighted by molar-refractivity contribution is 5.41.